The molecular formula is C21H31N3O2S. The maximum Gasteiger partial charge on any atom is 0.266 e. The SMILES string of the molecule is CCCc1nc(N2CCC(CCCOc3ccc(SC)c(C)c3)CC2)no1. The number of aromatic nitrogens is 2. The summed E-state index contributed by atoms with van der Waals surface area (Å²) in [5.74, 6) is 3.28. The first kappa shape index (κ1) is 20.1. The lowest BCUT2D eigenvalue weighted by molar-refractivity contribution is 0.278. The van der Waals surface area contributed by atoms with Crippen molar-refractivity contribution in [2.45, 2.75) is 57.3 Å². The zero-order chi connectivity index (χ0) is 19.1. The third-order valence-corrected chi connectivity index (χ3v) is 6.11. The number of rotatable bonds is 9. The maximum atomic E-state index is 5.94. The van der Waals surface area contributed by atoms with Crippen LogP contribution in [0.1, 0.15) is 50.5 Å². The van der Waals surface area contributed by atoms with Crippen LogP contribution in [-0.2, 0) is 6.42 Å². The molecule has 0 atom stereocenters. The van der Waals surface area contributed by atoms with Crippen LogP contribution in [0.25, 0.3) is 0 Å². The van der Waals surface area contributed by atoms with Gasteiger partial charge in [-0.15, -0.1) is 11.8 Å². The van der Waals surface area contributed by atoms with Crippen LogP contribution in [0, 0.1) is 12.8 Å². The highest BCUT2D eigenvalue weighted by Gasteiger charge is 2.22. The van der Waals surface area contributed by atoms with Gasteiger partial charge in [0.25, 0.3) is 5.95 Å². The number of hydrogen-bond acceptors (Lipinski definition) is 6. The Morgan fingerprint density at radius 1 is 1.30 bits per heavy atom. The Morgan fingerprint density at radius 3 is 2.81 bits per heavy atom. The summed E-state index contributed by atoms with van der Waals surface area (Å²) in [5.41, 5.74) is 1.29. The van der Waals surface area contributed by atoms with Crippen LogP contribution >= 0.6 is 11.8 Å². The van der Waals surface area contributed by atoms with Crippen molar-refractivity contribution in [3.8, 4) is 5.75 Å². The van der Waals surface area contributed by atoms with Crippen molar-refractivity contribution in [3.63, 3.8) is 0 Å². The molecule has 2 heterocycles. The second kappa shape index (κ2) is 10.0. The minimum absolute atomic E-state index is 0.757. The number of anilines is 1. The molecule has 0 aliphatic carbocycles. The predicted octanol–water partition coefficient (Wildman–Crippen LogP) is 5.13. The van der Waals surface area contributed by atoms with E-state index in [1.54, 1.807) is 11.8 Å². The molecule has 0 N–H and O–H groups in total. The third-order valence-electron chi connectivity index (χ3n) is 5.21. The van der Waals surface area contributed by atoms with E-state index in [2.05, 4.69) is 53.3 Å². The molecule has 0 bridgehead atoms. The summed E-state index contributed by atoms with van der Waals surface area (Å²) in [6.07, 6.45) is 8.73. The molecule has 3 rings (SSSR count). The smallest absolute Gasteiger partial charge is 0.266 e. The molecule has 0 saturated carbocycles. The number of benzene rings is 1. The lowest BCUT2D eigenvalue weighted by atomic mass is 9.92. The fourth-order valence-electron chi connectivity index (χ4n) is 3.61. The molecule has 1 aliphatic heterocycles. The Bertz CT molecular complexity index is 711. The van der Waals surface area contributed by atoms with Crippen LogP contribution in [0.15, 0.2) is 27.6 Å². The molecule has 2 aromatic rings. The molecule has 0 unspecified atom stereocenters. The molecule has 0 radical (unpaired) electrons. The maximum absolute atomic E-state index is 5.94. The number of thioether (sulfide) groups is 1. The molecule has 1 saturated heterocycles. The van der Waals surface area contributed by atoms with Crippen LogP contribution in [0.5, 0.6) is 5.75 Å². The molecule has 148 valence electrons. The molecule has 1 aliphatic rings. The first-order chi connectivity index (χ1) is 13.2. The molecule has 1 fully saturated rings. The summed E-state index contributed by atoms with van der Waals surface area (Å²) in [5, 5.41) is 4.13. The quantitative estimate of drug-likeness (QED) is 0.438. The zero-order valence-corrected chi connectivity index (χ0v) is 17.6. The summed E-state index contributed by atoms with van der Waals surface area (Å²) >= 11 is 1.78. The van der Waals surface area contributed by atoms with Crippen LogP contribution in [0.4, 0.5) is 5.95 Å². The molecule has 27 heavy (non-hydrogen) atoms. The largest absolute Gasteiger partial charge is 0.494 e. The van der Waals surface area contributed by atoms with Gasteiger partial charge in [-0.1, -0.05) is 6.92 Å². The summed E-state index contributed by atoms with van der Waals surface area (Å²) in [6.45, 7) is 7.10. The topological polar surface area (TPSA) is 51.4 Å². The highest BCUT2D eigenvalue weighted by atomic mass is 32.2. The van der Waals surface area contributed by atoms with Crippen LogP contribution in [0.2, 0.25) is 0 Å². The van der Waals surface area contributed by atoms with Crippen LogP contribution < -0.4 is 9.64 Å². The molecule has 0 spiro atoms. The number of nitrogens with zero attached hydrogens (tertiary/aromatic N) is 3. The first-order valence-electron chi connectivity index (χ1n) is 10.0. The van der Waals surface area contributed by atoms with Gasteiger partial charge in [-0.3, -0.25) is 0 Å². The summed E-state index contributed by atoms with van der Waals surface area (Å²) in [6, 6.07) is 6.37. The van der Waals surface area contributed by atoms with E-state index in [9.17, 15) is 0 Å². The van der Waals surface area contributed by atoms with E-state index in [1.807, 2.05) is 0 Å². The lowest BCUT2D eigenvalue weighted by Crippen LogP contribution is -2.34. The second-order valence-electron chi connectivity index (χ2n) is 7.29. The fraction of sp³-hybridized carbons (Fsp3) is 0.619. The van der Waals surface area contributed by atoms with Gasteiger partial charge in [-0.2, -0.15) is 4.98 Å². The number of piperidine rings is 1. The van der Waals surface area contributed by atoms with E-state index < -0.39 is 0 Å². The van der Waals surface area contributed by atoms with Gasteiger partial charge in [-0.25, -0.2) is 0 Å². The molecule has 6 heteroatoms. The standard InChI is InChI=1S/C21H31N3O2S/c1-4-6-20-22-21(23-26-20)24-12-10-17(11-13-24)7-5-14-25-18-8-9-19(27-3)16(2)15-18/h8-9,15,17H,4-7,10-14H2,1-3H3. The van der Waals surface area contributed by atoms with Gasteiger partial charge in [0.05, 0.1) is 6.61 Å². The van der Waals surface area contributed by atoms with Crippen molar-refractivity contribution in [2.24, 2.45) is 5.92 Å². The van der Waals surface area contributed by atoms with Gasteiger partial charge >= 0.3 is 0 Å². The van der Waals surface area contributed by atoms with Gasteiger partial charge in [0.15, 0.2) is 0 Å². The van der Waals surface area contributed by atoms with E-state index in [-0.39, 0.29) is 0 Å². The number of aryl methyl sites for hydroxylation is 2. The Morgan fingerprint density at radius 2 is 2.11 bits per heavy atom. The van der Waals surface area contributed by atoms with Crippen molar-refractivity contribution in [1.82, 2.24) is 10.1 Å². The Balaban J connectivity index is 1.35. The monoisotopic (exact) mass is 389 g/mol. The number of hydrogen-bond donors (Lipinski definition) is 0. The van der Waals surface area contributed by atoms with E-state index in [0.717, 1.165) is 62.5 Å². The molecule has 1 aromatic heterocycles. The molecule has 1 aromatic carbocycles. The summed E-state index contributed by atoms with van der Waals surface area (Å²) in [7, 11) is 0. The van der Waals surface area contributed by atoms with Gasteiger partial charge in [0.1, 0.15) is 5.75 Å². The summed E-state index contributed by atoms with van der Waals surface area (Å²) in [4.78, 5) is 8.08. The molecular weight excluding hydrogens is 358 g/mol. The Labute approximate surface area is 166 Å². The van der Waals surface area contributed by atoms with Crippen molar-refractivity contribution in [3.05, 3.63) is 29.7 Å². The van der Waals surface area contributed by atoms with Crippen molar-refractivity contribution < 1.29 is 9.26 Å². The summed E-state index contributed by atoms with van der Waals surface area (Å²) < 4.78 is 11.3. The highest BCUT2D eigenvalue weighted by molar-refractivity contribution is 7.98. The van der Waals surface area contributed by atoms with Crippen LogP contribution in [0.3, 0.4) is 0 Å². The van der Waals surface area contributed by atoms with E-state index >= 15 is 0 Å². The fourth-order valence-corrected chi connectivity index (χ4v) is 4.20. The highest BCUT2D eigenvalue weighted by Crippen LogP contribution is 2.26. The second-order valence-corrected chi connectivity index (χ2v) is 8.14. The zero-order valence-electron chi connectivity index (χ0n) is 16.7. The van der Waals surface area contributed by atoms with Crippen molar-refractivity contribution >= 4 is 17.7 Å². The van der Waals surface area contributed by atoms with Crippen molar-refractivity contribution in [2.75, 3.05) is 30.9 Å². The van der Waals surface area contributed by atoms with Gasteiger partial charge in [0.2, 0.25) is 5.89 Å². The average molecular weight is 390 g/mol. The van der Waals surface area contributed by atoms with Gasteiger partial charge in [-0.05, 0) is 80.1 Å². The third kappa shape index (κ3) is 5.64. The van der Waals surface area contributed by atoms with E-state index in [0.29, 0.717) is 0 Å². The normalized spacial score (nSPS) is 15.3. The van der Waals surface area contributed by atoms with E-state index in [1.165, 1.54) is 29.7 Å². The molecule has 5 nitrogen and oxygen atoms in total. The van der Waals surface area contributed by atoms with E-state index in [4.69, 9.17) is 9.26 Å². The van der Waals surface area contributed by atoms with Crippen molar-refractivity contribution in [1.29, 1.82) is 0 Å². The Kier molecular flexibility index (Phi) is 7.44. The predicted molar refractivity (Wildman–Crippen MR) is 111 cm³/mol. The molecule has 0 amide bonds. The average Bonchev–Trinajstić information content (AvgIpc) is 3.15. The minimum Gasteiger partial charge on any atom is -0.494 e. The minimum atomic E-state index is 0.757. The Hall–Kier alpha value is -1.69. The number of ether oxygens (including phenoxy) is 1. The van der Waals surface area contributed by atoms with Crippen LogP contribution in [-0.4, -0.2) is 36.1 Å². The first-order valence-corrected chi connectivity index (χ1v) is 11.3. The lowest BCUT2D eigenvalue weighted by Gasteiger charge is -2.30. The van der Waals surface area contributed by atoms with Gasteiger partial charge in [0, 0.05) is 24.4 Å². The van der Waals surface area contributed by atoms with Gasteiger partial charge < -0.3 is 14.2 Å².